The molecule has 2 heterocycles. The van der Waals surface area contributed by atoms with Crippen LogP contribution in [0.1, 0.15) is 30.0 Å². The summed E-state index contributed by atoms with van der Waals surface area (Å²) in [5, 5.41) is 6.44. The Morgan fingerprint density at radius 3 is 2.28 bits per heavy atom. The number of nitrogens with one attached hydrogen (secondary N) is 1. The van der Waals surface area contributed by atoms with Gasteiger partial charge in [-0.1, -0.05) is 17.3 Å². The van der Waals surface area contributed by atoms with Crippen molar-refractivity contribution in [2.45, 2.75) is 31.7 Å². The summed E-state index contributed by atoms with van der Waals surface area (Å²) in [6, 6.07) is 7.13. The van der Waals surface area contributed by atoms with E-state index in [9.17, 15) is 18.0 Å². The van der Waals surface area contributed by atoms with Crippen LogP contribution < -0.4 is 5.32 Å². The Bertz CT molecular complexity index is 992. The van der Waals surface area contributed by atoms with Crippen LogP contribution in [0.25, 0.3) is 0 Å². The Morgan fingerprint density at radius 2 is 1.76 bits per heavy atom. The molecule has 0 unspecified atom stereocenters. The van der Waals surface area contributed by atoms with Crippen LogP contribution in [-0.2, 0) is 14.8 Å². The van der Waals surface area contributed by atoms with Crippen LogP contribution in [0, 0.1) is 6.92 Å². The first-order chi connectivity index (χ1) is 13.7. The van der Waals surface area contributed by atoms with Crippen LogP contribution in [0.15, 0.2) is 39.8 Å². The average Bonchev–Trinajstić information content (AvgIpc) is 3.12. The summed E-state index contributed by atoms with van der Waals surface area (Å²) in [6.07, 6.45) is 0. The van der Waals surface area contributed by atoms with Gasteiger partial charge in [-0.15, -0.1) is 0 Å². The first kappa shape index (κ1) is 21.2. The fourth-order valence-electron chi connectivity index (χ4n) is 3.16. The summed E-state index contributed by atoms with van der Waals surface area (Å²) in [7, 11) is -3.65. The lowest BCUT2D eigenvalue weighted by atomic mass is 10.2. The number of nitrogens with zero attached hydrogens (tertiary/aromatic N) is 3. The lowest BCUT2D eigenvalue weighted by Gasteiger charge is -2.36. The number of hydrogen-bond donors (Lipinski definition) is 1. The zero-order chi connectivity index (χ0) is 21.2. The quantitative estimate of drug-likeness (QED) is 0.705. The van der Waals surface area contributed by atoms with E-state index in [4.69, 9.17) is 4.52 Å². The van der Waals surface area contributed by atoms with E-state index >= 15 is 0 Å². The summed E-state index contributed by atoms with van der Waals surface area (Å²) >= 11 is 0. The Morgan fingerprint density at radius 1 is 1.14 bits per heavy atom. The van der Waals surface area contributed by atoms with Crippen molar-refractivity contribution in [3.8, 4) is 0 Å². The third kappa shape index (κ3) is 4.72. The van der Waals surface area contributed by atoms with Crippen molar-refractivity contribution in [1.29, 1.82) is 0 Å². The van der Waals surface area contributed by atoms with E-state index in [1.165, 1.54) is 35.5 Å². The van der Waals surface area contributed by atoms with Gasteiger partial charge in [-0.2, -0.15) is 4.31 Å². The summed E-state index contributed by atoms with van der Waals surface area (Å²) in [6.45, 7) is 6.35. The summed E-state index contributed by atoms with van der Waals surface area (Å²) in [5.74, 6) is 0.614. The number of carbonyl (C=O) groups is 2. The second-order valence-electron chi connectivity index (χ2n) is 7.01. The minimum absolute atomic E-state index is 0.115. The molecule has 1 N–H and O–H groups in total. The Balaban J connectivity index is 1.60. The molecule has 1 aromatic heterocycles. The first-order valence-electron chi connectivity index (χ1n) is 9.28. The van der Waals surface area contributed by atoms with Crippen LogP contribution in [-0.4, -0.2) is 66.7 Å². The van der Waals surface area contributed by atoms with Crippen LogP contribution in [0.2, 0.25) is 0 Å². The maximum atomic E-state index is 12.8. The molecule has 1 aliphatic rings. The second-order valence-corrected chi connectivity index (χ2v) is 8.95. The number of benzene rings is 1. The number of carbonyl (C=O) groups excluding carboxylic acids is 2. The van der Waals surface area contributed by atoms with Crippen molar-refractivity contribution < 1.29 is 22.5 Å². The van der Waals surface area contributed by atoms with Gasteiger partial charge in [0.05, 0.1) is 10.9 Å². The number of aryl methyl sites for hydroxylation is 1. The van der Waals surface area contributed by atoms with Crippen molar-refractivity contribution in [2.75, 3.05) is 31.5 Å². The molecule has 1 aliphatic heterocycles. The fraction of sp³-hybridized carbons (Fsp3) is 0.421. The molecule has 1 fully saturated rings. The number of Topliss-reactive ketones (excluding diaryl/α,β-unsaturated/α-hetero) is 1. The van der Waals surface area contributed by atoms with Gasteiger partial charge in [0.2, 0.25) is 15.9 Å². The van der Waals surface area contributed by atoms with E-state index in [-0.39, 0.29) is 29.7 Å². The van der Waals surface area contributed by atoms with E-state index in [1.54, 1.807) is 19.9 Å². The van der Waals surface area contributed by atoms with E-state index in [1.807, 2.05) is 4.90 Å². The molecule has 9 nitrogen and oxygen atoms in total. The Kier molecular flexibility index (Phi) is 6.15. The van der Waals surface area contributed by atoms with Crippen molar-refractivity contribution in [1.82, 2.24) is 14.4 Å². The molecule has 1 atom stereocenters. The molecule has 3 rings (SSSR count). The predicted molar refractivity (Wildman–Crippen MR) is 106 cm³/mol. The summed E-state index contributed by atoms with van der Waals surface area (Å²) in [4.78, 5) is 25.9. The topological polar surface area (TPSA) is 113 Å². The highest BCUT2D eigenvalue weighted by atomic mass is 32.2. The molecule has 0 aliphatic carbocycles. The molecule has 1 amide bonds. The molecule has 1 aromatic carbocycles. The molecule has 2 aromatic rings. The highest BCUT2D eigenvalue weighted by molar-refractivity contribution is 7.89. The zero-order valence-electron chi connectivity index (χ0n) is 16.6. The molecule has 0 spiro atoms. The number of amides is 1. The molecule has 0 radical (unpaired) electrons. The molecule has 10 heteroatoms. The number of ketones is 1. The first-order valence-corrected chi connectivity index (χ1v) is 10.7. The lowest BCUT2D eigenvalue weighted by molar-refractivity contribution is -0.121. The van der Waals surface area contributed by atoms with Gasteiger partial charge in [-0.05, 0) is 32.9 Å². The van der Waals surface area contributed by atoms with Crippen molar-refractivity contribution in [3.05, 3.63) is 41.7 Å². The minimum Gasteiger partial charge on any atom is -0.360 e. The zero-order valence-corrected chi connectivity index (χ0v) is 17.4. The molecular weight excluding hydrogens is 396 g/mol. The van der Waals surface area contributed by atoms with Gasteiger partial charge in [0.15, 0.2) is 11.6 Å². The van der Waals surface area contributed by atoms with Gasteiger partial charge in [-0.25, -0.2) is 8.42 Å². The van der Waals surface area contributed by atoms with Crippen molar-refractivity contribution in [3.63, 3.8) is 0 Å². The smallest absolute Gasteiger partial charge is 0.243 e. The highest BCUT2D eigenvalue weighted by Crippen LogP contribution is 2.19. The van der Waals surface area contributed by atoms with Crippen LogP contribution in [0.5, 0.6) is 0 Å². The monoisotopic (exact) mass is 420 g/mol. The second kappa shape index (κ2) is 8.44. The minimum atomic E-state index is -3.65. The van der Waals surface area contributed by atoms with Crippen molar-refractivity contribution in [2.24, 2.45) is 0 Å². The number of piperazine rings is 1. The van der Waals surface area contributed by atoms with Gasteiger partial charge < -0.3 is 9.84 Å². The molecule has 0 bridgehead atoms. The van der Waals surface area contributed by atoms with E-state index < -0.39 is 16.1 Å². The van der Waals surface area contributed by atoms with E-state index in [2.05, 4.69) is 10.5 Å². The SMILES string of the molecule is CC(=O)c1ccc(S(=O)(=O)N2CCN([C@@H](C)C(=O)Nc3cc(C)on3)CC2)cc1. The lowest BCUT2D eigenvalue weighted by Crippen LogP contribution is -2.53. The molecular formula is C19H24N4O5S. The van der Waals surface area contributed by atoms with E-state index in [0.717, 1.165) is 0 Å². The maximum Gasteiger partial charge on any atom is 0.243 e. The standard InChI is InChI=1S/C19H24N4O5S/c1-13-12-18(21-28-13)20-19(25)14(2)22-8-10-23(11-9-22)29(26,27)17-6-4-16(5-7-17)15(3)24/h4-7,12,14H,8-11H2,1-3H3,(H,20,21,25)/t14-/m0/s1. The third-order valence-electron chi connectivity index (χ3n) is 4.98. The number of aromatic nitrogens is 1. The number of hydrogen-bond acceptors (Lipinski definition) is 7. The van der Waals surface area contributed by atoms with Gasteiger partial charge in [0, 0.05) is 37.8 Å². The van der Waals surface area contributed by atoms with Gasteiger partial charge >= 0.3 is 0 Å². The van der Waals surface area contributed by atoms with Crippen molar-refractivity contribution >= 4 is 27.5 Å². The number of anilines is 1. The normalized spacial score (nSPS) is 17.1. The Hall–Kier alpha value is -2.56. The fourth-order valence-corrected chi connectivity index (χ4v) is 4.59. The predicted octanol–water partition coefficient (Wildman–Crippen LogP) is 1.52. The molecule has 156 valence electrons. The molecule has 1 saturated heterocycles. The third-order valence-corrected chi connectivity index (χ3v) is 6.89. The van der Waals surface area contributed by atoms with Gasteiger partial charge in [-0.3, -0.25) is 14.5 Å². The van der Waals surface area contributed by atoms with Crippen LogP contribution in [0.4, 0.5) is 5.82 Å². The summed E-state index contributed by atoms with van der Waals surface area (Å²) < 4.78 is 32.0. The van der Waals surface area contributed by atoms with Gasteiger partial charge in [0.1, 0.15) is 5.76 Å². The van der Waals surface area contributed by atoms with Gasteiger partial charge in [0.25, 0.3) is 0 Å². The average molecular weight is 420 g/mol. The highest BCUT2D eigenvalue weighted by Gasteiger charge is 2.32. The maximum absolute atomic E-state index is 12.8. The summed E-state index contributed by atoms with van der Waals surface area (Å²) in [5.41, 5.74) is 0.468. The largest absolute Gasteiger partial charge is 0.360 e. The molecule has 0 saturated carbocycles. The number of sulfonamides is 1. The van der Waals surface area contributed by atoms with Crippen LogP contribution >= 0.6 is 0 Å². The van der Waals surface area contributed by atoms with Crippen LogP contribution in [0.3, 0.4) is 0 Å². The molecule has 29 heavy (non-hydrogen) atoms. The number of rotatable bonds is 6. The Labute approximate surface area is 169 Å². The van der Waals surface area contributed by atoms with E-state index in [0.29, 0.717) is 30.2 Å².